The van der Waals surface area contributed by atoms with Crippen LogP contribution in [0.5, 0.6) is 0 Å². The number of halogens is 2. The molecule has 16 heavy (non-hydrogen) atoms. The lowest BCUT2D eigenvalue weighted by atomic mass is 10.1. The first-order chi connectivity index (χ1) is 7.72. The van der Waals surface area contributed by atoms with Crippen molar-refractivity contribution in [2.75, 3.05) is 7.05 Å². The van der Waals surface area contributed by atoms with Crippen molar-refractivity contribution in [3.05, 3.63) is 49.8 Å². The van der Waals surface area contributed by atoms with E-state index in [-0.39, 0.29) is 6.04 Å². The summed E-state index contributed by atoms with van der Waals surface area (Å²) in [5.41, 5.74) is 1.04. The third-order valence-electron chi connectivity index (χ3n) is 2.26. The van der Waals surface area contributed by atoms with E-state index in [4.69, 9.17) is 11.6 Å². The van der Waals surface area contributed by atoms with Crippen LogP contribution in [-0.4, -0.2) is 12.0 Å². The van der Waals surface area contributed by atoms with Crippen LogP contribution in [0.15, 0.2) is 34.2 Å². The molecule has 1 aromatic heterocycles. The molecule has 2 aromatic rings. The molecule has 0 amide bonds. The zero-order valence-corrected chi connectivity index (χ0v) is 11.7. The highest BCUT2D eigenvalue weighted by molar-refractivity contribution is 9.10. The molecule has 0 aliphatic heterocycles. The van der Waals surface area contributed by atoms with Gasteiger partial charge in [-0.2, -0.15) is 0 Å². The summed E-state index contributed by atoms with van der Waals surface area (Å²) in [5.74, 6) is 0. The van der Waals surface area contributed by atoms with Gasteiger partial charge < -0.3 is 5.32 Å². The number of hydrogen-bond donors (Lipinski definition) is 1. The minimum absolute atomic E-state index is 0.0561. The molecule has 0 saturated carbocycles. The van der Waals surface area contributed by atoms with Crippen LogP contribution in [0.2, 0.25) is 5.02 Å². The van der Waals surface area contributed by atoms with E-state index in [0.29, 0.717) is 0 Å². The van der Waals surface area contributed by atoms with Gasteiger partial charge in [-0.05, 0) is 24.7 Å². The van der Waals surface area contributed by atoms with E-state index >= 15 is 0 Å². The maximum atomic E-state index is 6.23. The predicted octanol–water partition coefficient (Wildman–Crippen LogP) is 3.87. The predicted molar refractivity (Wildman–Crippen MR) is 72.2 cm³/mol. The Labute approximate surface area is 112 Å². The van der Waals surface area contributed by atoms with Crippen LogP contribution in [0.4, 0.5) is 0 Å². The molecule has 0 fully saturated rings. The molecule has 1 atom stereocenters. The van der Waals surface area contributed by atoms with E-state index in [9.17, 15) is 0 Å². The number of benzene rings is 1. The molecule has 84 valence electrons. The Morgan fingerprint density at radius 1 is 1.50 bits per heavy atom. The van der Waals surface area contributed by atoms with Crippen molar-refractivity contribution in [1.29, 1.82) is 0 Å². The number of nitrogens with one attached hydrogen (secondary N) is 1. The standard InChI is InChI=1S/C11H10BrClN2S/c1-14-10(11-15-4-5-16-11)8-3-2-7(12)6-9(8)13/h2-6,10,14H,1H3. The van der Waals surface area contributed by atoms with Gasteiger partial charge in [-0.1, -0.05) is 33.6 Å². The van der Waals surface area contributed by atoms with Gasteiger partial charge in [0.15, 0.2) is 0 Å². The van der Waals surface area contributed by atoms with Crippen LogP contribution in [-0.2, 0) is 0 Å². The summed E-state index contributed by atoms with van der Waals surface area (Å²) in [6.07, 6.45) is 1.80. The average Bonchev–Trinajstić information content (AvgIpc) is 2.75. The first-order valence-electron chi connectivity index (χ1n) is 4.74. The lowest BCUT2D eigenvalue weighted by Crippen LogP contribution is -2.17. The Morgan fingerprint density at radius 3 is 2.88 bits per heavy atom. The fourth-order valence-electron chi connectivity index (χ4n) is 1.52. The van der Waals surface area contributed by atoms with Gasteiger partial charge in [-0.15, -0.1) is 11.3 Å². The monoisotopic (exact) mass is 316 g/mol. The molecular formula is C11H10BrClN2S. The molecule has 2 nitrogen and oxygen atoms in total. The summed E-state index contributed by atoms with van der Waals surface area (Å²) in [6.45, 7) is 0. The summed E-state index contributed by atoms with van der Waals surface area (Å²) >= 11 is 11.2. The Morgan fingerprint density at radius 2 is 2.31 bits per heavy atom. The van der Waals surface area contributed by atoms with Crippen molar-refractivity contribution in [1.82, 2.24) is 10.3 Å². The second-order valence-corrected chi connectivity index (χ2v) is 5.51. The molecule has 0 aliphatic rings. The molecule has 2 rings (SSSR count). The third kappa shape index (κ3) is 2.46. The highest BCUT2D eigenvalue weighted by Gasteiger charge is 2.17. The summed E-state index contributed by atoms with van der Waals surface area (Å²) < 4.78 is 0.982. The van der Waals surface area contributed by atoms with Crippen molar-refractivity contribution in [3.8, 4) is 0 Å². The summed E-state index contributed by atoms with van der Waals surface area (Å²) in [7, 11) is 1.91. The number of thiazole rings is 1. The lowest BCUT2D eigenvalue weighted by Gasteiger charge is -2.15. The summed E-state index contributed by atoms with van der Waals surface area (Å²) in [4.78, 5) is 4.31. The number of aromatic nitrogens is 1. The van der Waals surface area contributed by atoms with Crippen molar-refractivity contribution >= 4 is 38.9 Å². The maximum absolute atomic E-state index is 6.23. The van der Waals surface area contributed by atoms with Crippen molar-refractivity contribution in [2.45, 2.75) is 6.04 Å². The second kappa shape index (κ2) is 5.27. The van der Waals surface area contributed by atoms with Crippen molar-refractivity contribution in [2.24, 2.45) is 0 Å². The minimum Gasteiger partial charge on any atom is -0.307 e. The Kier molecular flexibility index (Phi) is 3.97. The van der Waals surface area contributed by atoms with Crippen molar-refractivity contribution in [3.63, 3.8) is 0 Å². The number of hydrogen-bond acceptors (Lipinski definition) is 3. The molecule has 1 aromatic carbocycles. The molecule has 0 saturated heterocycles. The average molecular weight is 318 g/mol. The molecule has 1 N–H and O–H groups in total. The maximum Gasteiger partial charge on any atom is 0.114 e. The van der Waals surface area contributed by atoms with Crippen molar-refractivity contribution < 1.29 is 0 Å². The van der Waals surface area contributed by atoms with Gasteiger partial charge in [0.2, 0.25) is 0 Å². The normalized spacial score (nSPS) is 12.7. The van der Waals surface area contributed by atoms with Crippen LogP contribution < -0.4 is 5.32 Å². The fourth-order valence-corrected chi connectivity index (χ4v) is 3.07. The van der Waals surface area contributed by atoms with Crippen LogP contribution in [0.25, 0.3) is 0 Å². The molecule has 0 spiro atoms. The lowest BCUT2D eigenvalue weighted by molar-refractivity contribution is 0.686. The molecule has 1 heterocycles. The first-order valence-corrected chi connectivity index (χ1v) is 6.79. The SMILES string of the molecule is CNC(c1nccs1)c1ccc(Br)cc1Cl. The topological polar surface area (TPSA) is 24.9 Å². The van der Waals surface area contributed by atoms with E-state index in [2.05, 4.69) is 26.2 Å². The Bertz CT molecular complexity index is 473. The van der Waals surface area contributed by atoms with E-state index in [1.54, 1.807) is 17.5 Å². The molecule has 0 radical (unpaired) electrons. The van der Waals surface area contributed by atoms with Gasteiger partial charge in [-0.3, -0.25) is 0 Å². The highest BCUT2D eigenvalue weighted by atomic mass is 79.9. The highest BCUT2D eigenvalue weighted by Crippen LogP contribution is 2.31. The third-order valence-corrected chi connectivity index (χ3v) is 3.92. The van der Waals surface area contributed by atoms with Gasteiger partial charge >= 0.3 is 0 Å². The van der Waals surface area contributed by atoms with Gasteiger partial charge in [-0.25, -0.2) is 4.98 Å². The zero-order chi connectivity index (χ0) is 11.5. The van der Waals surface area contributed by atoms with Gasteiger partial charge in [0.25, 0.3) is 0 Å². The van der Waals surface area contributed by atoms with Gasteiger partial charge in [0.1, 0.15) is 5.01 Å². The molecule has 5 heteroatoms. The van der Waals surface area contributed by atoms with Crippen LogP contribution >= 0.6 is 38.9 Å². The van der Waals surface area contributed by atoms with E-state index in [0.717, 1.165) is 20.1 Å². The second-order valence-electron chi connectivity index (χ2n) is 3.26. The quantitative estimate of drug-likeness (QED) is 0.929. The van der Waals surface area contributed by atoms with Crippen LogP contribution in [0.3, 0.4) is 0 Å². The molecule has 0 bridgehead atoms. The Hall–Kier alpha value is -0.420. The van der Waals surface area contributed by atoms with Crippen LogP contribution in [0, 0.1) is 0 Å². The molecular weight excluding hydrogens is 308 g/mol. The van der Waals surface area contributed by atoms with E-state index in [1.165, 1.54) is 0 Å². The fraction of sp³-hybridized carbons (Fsp3) is 0.182. The number of rotatable bonds is 3. The summed E-state index contributed by atoms with van der Waals surface area (Å²) in [6, 6.07) is 5.95. The molecule has 0 aliphatic carbocycles. The smallest absolute Gasteiger partial charge is 0.114 e. The van der Waals surface area contributed by atoms with E-state index < -0.39 is 0 Å². The Balaban J connectivity index is 2.41. The molecule has 1 unspecified atom stereocenters. The zero-order valence-electron chi connectivity index (χ0n) is 8.58. The van der Waals surface area contributed by atoms with Gasteiger partial charge in [0.05, 0.1) is 6.04 Å². The largest absolute Gasteiger partial charge is 0.307 e. The van der Waals surface area contributed by atoms with Gasteiger partial charge in [0, 0.05) is 21.1 Å². The number of nitrogens with zero attached hydrogens (tertiary/aromatic N) is 1. The van der Waals surface area contributed by atoms with Crippen LogP contribution in [0.1, 0.15) is 16.6 Å². The van der Waals surface area contributed by atoms with E-state index in [1.807, 2.05) is 30.6 Å². The first kappa shape index (κ1) is 12.0. The summed E-state index contributed by atoms with van der Waals surface area (Å²) in [5, 5.41) is 6.95. The minimum atomic E-state index is 0.0561.